The van der Waals surface area contributed by atoms with E-state index in [1.54, 1.807) is 0 Å². The van der Waals surface area contributed by atoms with E-state index in [4.69, 9.17) is 0 Å². The smallest absolute Gasteiger partial charge is 0.0328 e. The van der Waals surface area contributed by atoms with E-state index in [2.05, 4.69) is 268 Å². The van der Waals surface area contributed by atoms with Crippen LogP contribution in [-0.2, 0) is 80.4 Å². The minimum absolute atomic E-state index is 0. The first-order valence-corrected chi connectivity index (χ1v) is 31.1. The molecule has 1 aliphatic rings. The van der Waals surface area contributed by atoms with Gasteiger partial charge in [0.05, 0.1) is 0 Å². The molecule has 9 heteroatoms. The summed E-state index contributed by atoms with van der Waals surface area (Å²) in [6.45, 7) is 16.8. The molecule has 96 heavy (non-hydrogen) atoms. The van der Waals surface area contributed by atoms with Crippen LogP contribution in [0.15, 0.2) is 286 Å². The molecule has 0 fully saturated rings. The molecule has 0 N–H and O–H groups in total. The third kappa shape index (κ3) is 21.8. The van der Waals surface area contributed by atoms with Crippen LogP contribution in [0.1, 0.15) is 62.5 Å². The number of aryl methyl sites for hydroxylation is 8. The Morgan fingerprint density at radius 2 is 0.833 bits per heavy atom. The van der Waals surface area contributed by atoms with Crippen LogP contribution in [0.5, 0.6) is 0 Å². The number of aromatic nitrogens is 5. The van der Waals surface area contributed by atoms with Crippen molar-refractivity contribution in [1.82, 2.24) is 24.9 Å². The van der Waals surface area contributed by atoms with Gasteiger partial charge < -0.3 is 19.9 Å². The summed E-state index contributed by atoms with van der Waals surface area (Å²) in [5.41, 5.74) is 28.5. The van der Waals surface area contributed by atoms with E-state index < -0.39 is 0 Å². The molecule has 0 bridgehead atoms. The Morgan fingerprint density at radius 1 is 0.344 bits per heavy atom. The number of hydrogen-bond donors (Lipinski definition) is 0. The zero-order valence-corrected chi connectivity index (χ0v) is 64.6. The minimum atomic E-state index is 0. The van der Waals surface area contributed by atoms with Gasteiger partial charge in [0.15, 0.2) is 0 Å². The van der Waals surface area contributed by atoms with Gasteiger partial charge in [-0.2, -0.15) is 6.08 Å². The summed E-state index contributed by atoms with van der Waals surface area (Å²) in [4.78, 5) is 22.6. The number of benzene rings is 8. The topological polar surface area (TPSA) is 64.5 Å². The quantitative estimate of drug-likeness (QED) is 0.135. The number of pyridine rings is 5. The zero-order chi connectivity index (χ0) is 64.0. The van der Waals surface area contributed by atoms with Gasteiger partial charge in [0, 0.05) is 128 Å². The van der Waals surface area contributed by atoms with Crippen LogP contribution in [-0.4, -0.2) is 24.9 Å². The summed E-state index contributed by atoms with van der Waals surface area (Å²) in [7, 11) is 0. The van der Waals surface area contributed by atoms with Gasteiger partial charge in [-0.3, -0.25) is 11.1 Å². The molecule has 0 amide bonds. The normalized spacial score (nSPS) is 11.4. The van der Waals surface area contributed by atoms with Gasteiger partial charge in [0.1, 0.15) is 0 Å². The Hall–Kier alpha value is -8.41. The van der Waals surface area contributed by atoms with Crippen molar-refractivity contribution in [3.8, 4) is 89.5 Å². The summed E-state index contributed by atoms with van der Waals surface area (Å²) in [5, 5.41) is 0. The van der Waals surface area contributed by atoms with Crippen LogP contribution in [0.4, 0.5) is 0 Å². The molecule has 488 valence electrons. The molecular weight excluding hydrogens is 1880 g/mol. The van der Waals surface area contributed by atoms with Crippen LogP contribution in [0.25, 0.3) is 89.5 Å². The van der Waals surface area contributed by atoms with Crippen molar-refractivity contribution in [3.05, 3.63) is 366 Å². The molecule has 0 saturated carbocycles. The second kappa shape index (κ2) is 39.0. The summed E-state index contributed by atoms with van der Waals surface area (Å²) < 4.78 is 0. The second-order valence-corrected chi connectivity index (χ2v) is 22.9. The second-order valence-electron chi connectivity index (χ2n) is 22.9. The van der Waals surface area contributed by atoms with Crippen molar-refractivity contribution in [2.24, 2.45) is 0 Å². The third-order valence-corrected chi connectivity index (χ3v) is 15.5. The van der Waals surface area contributed by atoms with Gasteiger partial charge >= 0.3 is 0 Å². The molecule has 14 rings (SSSR count). The molecule has 1 unspecified atom stereocenters. The van der Waals surface area contributed by atoms with Crippen LogP contribution in [0, 0.1) is 85.7 Å². The molecule has 1 atom stereocenters. The van der Waals surface area contributed by atoms with Crippen LogP contribution >= 0.6 is 0 Å². The predicted octanol–water partition coefficient (Wildman–Crippen LogP) is 21.8. The minimum Gasteiger partial charge on any atom is -0.304 e. The molecule has 0 spiro atoms. The average molecular weight is 1960 g/mol. The number of rotatable bonds is 9. The molecule has 1 aliphatic carbocycles. The van der Waals surface area contributed by atoms with E-state index in [-0.39, 0.29) is 80.4 Å². The molecular formula is C87H74Ir4N5-5. The maximum absolute atomic E-state index is 4.64. The van der Waals surface area contributed by atoms with Crippen molar-refractivity contribution in [1.29, 1.82) is 0 Å². The van der Waals surface area contributed by atoms with E-state index >= 15 is 0 Å². The van der Waals surface area contributed by atoms with E-state index in [1.807, 2.05) is 128 Å². The van der Waals surface area contributed by atoms with Crippen LogP contribution in [0.3, 0.4) is 0 Å². The molecule has 5 nitrogen and oxygen atoms in total. The third-order valence-electron chi connectivity index (χ3n) is 15.5. The van der Waals surface area contributed by atoms with Crippen molar-refractivity contribution in [2.45, 2.75) is 67.7 Å². The Bertz CT molecular complexity index is 4330. The fourth-order valence-electron chi connectivity index (χ4n) is 11.0. The van der Waals surface area contributed by atoms with Gasteiger partial charge in [-0.15, -0.1) is 141 Å². The number of nitrogens with zero attached hydrogens (tertiary/aromatic N) is 5. The molecule has 0 saturated heterocycles. The number of hydrogen-bond acceptors (Lipinski definition) is 5. The van der Waals surface area contributed by atoms with Crippen LogP contribution < -0.4 is 0 Å². The largest absolute Gasteiger partial charge is 0.304 e. The molecule has 0 aliphatic heterocycles. The van der Waals surface area contributed by atoms with E-state index in [9.17, 15) is 0 Å². The molecule has 13 aromatic rings. The first kappa shape index (κ1) is 76.6. The van der Waals surface area contributed by atoms with Gasteiger partial charge in [0.25, 0.3) is 0 Å². The van der Waals surface area contributed by atoms with Gasteiger partial charge in [-0.05, 0) is 107 Å². The van der Waals surface area contributed by atoms with Crippen molar-refractivity contribution in [3.63, 3.8) is 0 Å². The monoisotopic (exact) mass is 1960 g/mol. The molecule has 5 aromatic heterocycles. The molecule has 8 aromatic carbocycles. The van der Waals surface area contributed by atoms with Gasteiger partial charge in [0.2, 0.25) is 0 Å². The molecule has 5 heterocycles. The maximum Gasteiger partial charge on any atom is 0.0328 e. The fourth-order valence-corrected chi connectivity index (χ4v) is 11.0. The molecule has 4 radical (unpaired) electrons. The Labute approximate surface area is 623 Å². The van der Waals surface area contributed by atoms with E-state index in [0.29, 0.717) is 5.92 Å². The Kier molecular flexibility index (Phi) is 31.1. The maximum atomic E-state index is 4.64. The first-order valence-electron chi connectivity index (χ1n) is 31.1. The summed E-state index contributed by atoms with van der Waals surface area (Å²) in [6, 6.07) is 93.8. The predicted molar refractivity (Wildman–Crippen MR) is 382 cm³/mol. The van der Waals surface area contributed by atoms with Gasteiger partial charge in [-0.25, -0.2) is 12.2 Å². The van der Waals surface area contributed by atoms with Crippen molar-refractivity contribution >= 4 is 0 Å². The number of allylic oxidation sites excluding steroid dienone is 4. The fraction of sp³-hybridized carbons (Fsp3) is 0.115. The zero-order valence-electron chi connectivity index (χ0n) is 55.0. The van der Waals surface area contributed by atoms with Crippen molar-refractivity contribution in [2.75, 3.05) is 0 Å². The summed E-state index contributed by atoms with van der Waals surface area (Å²) in [5.74, 6) is 0.353. The standard InChI is InChI=1S/2C20H18N.C18H14N.C17H12N.C12H12N.4Ir/c2*1-14-9-15(2)11-18(10-14)20-12-16(3)19(13-21-20)17-7-5-4-6-8-17;1-14-7-6-12-19-18(14)17-11-5-10-16(13-17)15-8-3-2-4-9-15;1-3-7-14(8-4-1)16-11-12-17(18-13-16)15-9-5-2-6-10-15;1-10-6-5-9-13-12(10)11-7-3-2-4-8-11;;;;/h2*4-10,12-13H,1-3H3;2-10,12-13H,1H3;1-9,11-13H;2-6,9,11H,7H2,1H3;;;;/q5*-1;;;;. The SMILES string of the molecule is Cc1[c-]c(-c2cc(C)c(-c3ccccc3)cn2)cc(C)c1.Cc1[c-]c(-c2cc(C)c(-c3ccccc3)cn2)cc(C)c1.Cc1cccnc1-c1[c-]ccc(-c2ccccc2)c1.Cc1cccnc1C1[C-]=CC=CC1.[Ir].[Ir].[Ir].[Ir].[c-]1ccccc1-c1ccc(-c2ccccc2)cn1. The Morgan fingerprint density at radius 3 is 1.29 bits per heavy atom. The van der Waals surface area contributed by atoms with E-state index in [1.165, 1.54) is 72.3 Å². The average Bonchev–Trinajstić information content (AvgIpc) is 0.862. The van der Waals surface area contributed by atoms with Crippen LogP contribution in [0.2, 0.25) is 0 Å². The summed E-state index contributed by atoms with van der Waals surface area (Å²) in [6.07, 6.45) is 20.0. The van der Waals surface area contributed by atoms with E-state index in [0.717, 1.165) is 73.8 Å². The van der Waals surface area contributed by atoms with Gasteiger partial charge in [-0.1, -0.05) is 203 Å². The Balaban J connectivity index is 0.000000189. The van der Waals surface area contributed by atoms with Crippen molar-refractivity contribution < 1.29 is 80.4 Å². The summed E-state index contributed by atoms with van der Waals surface area (Å²) >= 11 is 0. The first-order chi connectivity index (χ1) is 44.9.